The number of likely N-dealkylation sites (N-methyl/N-ethyl adjacent to an activating group) is 1. The van der Waals surface area contributed by atoms with E-state index in [2.05, 4.69) is 27.3 Å². The Morgan fingerprint density at radius 1 is 1.12 bits per heavy atom. The number of pyridine rings is 1. The van der Waals surface area contributed by atoms with Crippen molar-refractivity contribution in [3.8, 4) is 0 Å². The number of carbonyl (C=O) groups excluding carboxylic acids is 2. The van der Waals surface area contributed by atoms with Crippen molar-refractivity contribution in [3.05, 3.63) is 59.8 Å². The van der Waals surface area contributed by atoms with Crippen LogP contribution in [0.4, 0.5) is 10.6 Å². The zero-order chi connectivity index (χ0) is 16.9. The summed E-state index contributed by atoms with van der Waals surface area (Å²) in [6.07, 6.45) is 3.30. The van der Waals surface area contributed by atoms with Crippen molar-refractivity contribution in [2.75, 3.05) is 18.5 Å². The molecule has 2 amide bonds. The SMILES string of the molecule is CN(CCc1ccc(CC2SC(=O)NC2=O)cc1)c1ccccn1. The lowest BCUT2D eigenvalue weighted by Gasteiger charge is -2.17. The number of hydrogen-bond donors (Lipinski definition) is 1. The lowest BCUT2D eigenvalue weighted by Crippen LogP contribution is -2.25. The molecule has 1 aromatic carbocycles. The highest BCUT2D eigenvalue weighted by atomic mass is 32.2. The van der Waals surface area contributed by atoms with E-state index in [4.69, 9.17) is 0 Å². The number of imide groups is 1. The molecule has 1 unspecified atom stereocenters. The first kappa shape index (κ1) is 16.5. The van der Waals surface area contributed by atoms with Crippen molar-refractivity contribution >= 4 is 28.7 Å². The first-order valence-electron chi connectivity index (χ1n) is 7.83. The van der Waals surface area contributed by atoms with Crippen molar-refractivity contribution < 1.29 is 9.59 Å². The number of carbonyl (C=O) groups is 2. The summed E-state index contributed by atoms with van der Waals surface area (Å²) in [4.78, 5) is 29.3. The van der Waals surface area contributed by atoms with E-state index in [-0.39, 0.29) is 16.4 Å². The first-order valence-corrected chi connectivity index (χ1v) is 8.71. The zero-order valence-corrected chi connectivity index (χ0v) is 14.3. The summed E-state index contributed by atoms with van der Waals surface area (Å²) in [5, 5.41) is 1.76. The smallest absolute Gasteiger partial charge is 0.286 e. The number of thioether (sulfide) groups is 1. The maximum Gasteiger partial charge on any atom is 0.286 e. The van der Waals surface area contributed by atoms with E-state index in [1.807, 2.05) is 37.4 Å². The Bertz CT molecular complexity index is 719. The molecule has 0 aliphatic carbocycles. The van der Waals surface area contributed by atoms with Gasteiger partial charge in [-0.1, -0.05) is 42.1 Å². The molecule has 0 radical (unpaired) electrons. The van der Waals surface area contributed by atoms with Gasteiger partial charge < -0.3 is 4.90 Å². The molecule has 2 aromatic rings. The second-order valence-electron chi connectivity index (χ2n) is 5.76. The fourth-order valence-electron chi connectivity index (χ4n) is 2.57. The van der Waals surface area contributed by atoms with E-state index in [9.17, 15) is 9.59 Å². The summed E-state index contributed by atoms with van der Waals surface area (Å²) in [7, 11) is 2.03. The molecule has 0 bridgehead atoms. The molecule has 1 aromatic heterocycles. The molecular formula is C18H19N3O2S. The Hall–Kier alpha value is -2.34. The van der Waals surface area contributed by atoms with Crippen LogP contribution in [0.5, 0.6) is 0 Å². The summed E-state index contributed by atoms with van der Waals surface area (Å²) in [5.41, 5.74) is 2.31. The van der Waals surface area contributed by atoms with Crippen LogP contribution in [0.25, 0.3) is 0 Å². The summed E-state index contributed by atoms with van der Waals surface area (Å²) >= 11 is 1.07. The monoisotopic (exact) mass is 341 g/mol. The number of nitrogens with zero attached hydrogens (tertiary/aromatic N) is 2. The van der Waals surface area contributed by atoms with Gasteiger partial charge in [-0.3, -0.25) is 14.9 Å². The molecule has 5 nitrogen and oxygen atoms in total. The quantitative estimate of drug-likeness (QED) is 0.875. The number of nitrogens with one attached hydrogen (secondary N) is 1. The molecule has 1 atom stereocenters. The van der Waals surface area contributed by atoms with Gasteiger partial charge in [0.25, 0.3) is 5.24 Å². The van der Waals surface area contributed by atoms with Crippen molar-refractivity contribution in [2.24, 2.45) is 0 Å². The average Bonchev–Trinajstić information content (AvgIpc) is 2.92. The Morgan fingerprint density at radius 3 is 2.50 bits per heavy atom. The van der Waals surface area contributed by atoms with Crippen molar-refractivity contribution in [1.29, 1.82) is 0 Å². The summed E-state index contributed by atoms with van der Waals surface area (Å²) in [6.45, 7) is 0.881. The van der Waals surface area contributed by atoms with E-state index >= 15 is 0 Å². The normalized spacial score (nSPS) is 17.0. The third-order valence-electron chi connectivity index (χ3n) is 3.99. The van der Waals surface area contributed by atoms with Crippen LogP contribution in [0.2, 0.25) is 0 Å². The zero-order valence-electron chi connectivity index (χ0n) is 13.4. The predicted octanol–water partition coefficient (Wildman–Crippen LogP) is 2.65. The summed E-state index contributed by atoms with van der Waals surface area (Å²) in [6, 6.07) is 14.1. The molecule has 0 spiro atoms. The largest absolute Gasteiger partial charge is 0.359 e. The van der Waals surface area contributed by atoms with Crippen molar-refractivity contribution in [2.45, 2.75) is 18.1 Å². The first-order chi connectivity index (χ1) is 11.6. The number of amides is 2. The van der Waals surface area contributed by atoms with Crippen LogP contribution in [0.3, 0.4) is 0 Å². The van der Waals surface area contributed by atoms with Crippen LogP contribution in [0.1, 0.15) is 11.1 Å². The van der Waals surface area contributed by atoms with Gasteiger partial charge in [0, 0.05) is 19.8 Å². The molecule has 1 N–H and O–H groups in total. The van der Waals surface area contributed by atoms with Crippen LogP contribution in [0.15, 0.2) is 48.7 Å². The van der Waals surface area contributed by atoms with Crippen molar-refractivity contribution in [1.82, 2.24) is 10.3 Å². The van der Waals surface area contributed by atoms with Gasteiger partial charge in [-0.05, 0) is 36.1 Å². The Kier molecular flexibility index (Phi) is 5.15. The number of rotatable bonds is 6. The Labute approximate surface area is 145 Å². The van der Waals surface area contributed by atoms with Gasteiger partial charge in [0.15, 0.2) is 0 Å². The molecule has 2 heterocycles. The number of aromatic nitrogens is 1. The highest BCUT2D eigenvalue weighted by Gasteiger charge is 2.31. The predicted molar refractivity (Wildman–Crippen MR) is 96.3 cm³/mol. The van der Waals surface area contributed by atoms with Crippen LogP contribution in [0, 0.1) is 0 Å². The molecule has 0 saturated carbocycles. The van der Waals surface area contributed by atoms with E-state index in [0.29, 0.717) is 6.42 Å². The highest BCUT2D eigenvalue weighted by molar-refractivity contribution is 8.15. The van der Waals surface area contributed by atoms with Gasteiger partial charge in [-0.25, -0.2) is 4.98 Å². The topological polar surface area (TPSA) is 62.3 Å². The van der Waals surface area contributed by atoms with E-state index < -0.39 is 0 Å². The minimum absolute atomic E-state index is 0.189. The van der Waals surface area contributed by atoms with Crippen LogP contribution >= 0.6 is 11.8 Å². The standard InChI is InChI=1S/C18H19N3O2S/c1-21(16-4-2-3-10-19-16)11-9-13-5-7-14(8-6-13)12-15-17(22)20-18(23)24-15/h2-8,10,15H,9,11-12H2,1H3,(H,20,22,23). The number of anilines is 1. The van der Waals surface area contributed by atoms with Gasteiger partial charge >= 0.3 is 0 Å². The molecule has 1 saturated heterocycles. The number of hydrogen-bond acceptors (Lipinski definition) is 5. The molecule has 6 heteroatoms. The molecule has 1 aliphatic rings. The molecule has 3 rings (SSSR count). The molecule has 1 fully saturated rings. The molecule has 24 heavy (non-hydrogen) atoms. The van der Waals surface area contributed by atoms with Crippen LogP contribution < -0.4 is 10.2 Å². The van der Waals surface area contributed by atoms with E-state index in [1.54, 1.807) is 6.20 Å². The molecule has 1 aliphatic heterocycles. The third-order valence-corrected chi connectivity index (χ3v) is 4.97. The lowest BCUT2D eigenvalue weighted by atomic mass is 10.1. The second-order valence-corrected chi connectivity index (χ2v) is 6.94. The minimum Gasteiger partial charge on any atom is -0.359 e. The second kappa shape index (κ2) is 7.49. The van der Waals surface area contributed by atoms with E-state index in [1.165, 1.54) is 5.56 Å². The third kappa shape index (κ3) is 4.14. The van der Waals surface area contributed by atoms with Gasteiger partial charge in [0.05, 0.1) is 5.25 Å². The van der Waals surface area contributed by atoms with Gasteiger partial charge in [-0.15, -0.1) is 0 Å². The molecular weight excluding hydrogens is 322 g/mol. The fraction of sp³-hybridized carbons (Fsp3) is 0.278. The van der Waals surface area contributed by atoms with Gasteiger partial charge in [0.2, 0.25) is 5.91 Å². The minimum atomic E-state index is -0.307. The van der Waals surface area contributed by atoms with Gasteiger partial charge in [-0.2, -0.15) is 0 Å². The Morgan fingerprint density at radius 2 is 1.88 bits per heavy atom. The maximum absolute atomic E-state index is 11.6. The average molecular weight is 341 g/mol. The van der Waals surface area contributed by atoms with Crippen LogP contribution in [-0.4, -0.2) is 35.0 Å². The Balaban J connectivity index is 1.53. The lowest BCUT2D eigenvalue weighted by molar-refractivity contribution is -0.118. The highest BCUT2D eigenvalue weighted by Crippen LogP contribution is 2.23. The van der Waals surface area contributed by atoms with Gasteiger partial charge in [0.1, 0.15) is 5.82 Å². The fourth-order valence-corrected chi connectivity index (χ4v) is 3.43. The van der Waals surface area contributed by atoms with Crippen molar-refractivity contribution in [3.63, 3.8) is 0 Å². The van der Waals surface area contributed by atoms with Crippen LogP contribution in [-0.2, 0) is 17.6 Å². The maximum atomic E-state index is 11.6. The number of benzene rings is 1. The van der Waals surface area contributed by atoms with E-state index in [0.717, 1.165) is 36.1 Å². The summed E-state index contributed by atoms with van der Waals surface area (Å²) < 4.78 is 0. The molecule has 124 valence electrons. The summed E-state index contributed by atoms with van der Waals surface area (Å²) in [5.74, 6) is 0.772.